The number of hydrogen-bond acceptors (Lipinski definition) is 4. The van der Waals surface area contributed by atoms with Crippen LogP contribution in [0, 0.1) is 0 Å². The van der Waals surface area contributed by atoms with Crippen molar-refractivity contribution in [1.29, 1.82) is 0 Å². The third-order valence-electron chi connectivity index (χ3n) is 3.84. The van der Waals surface area contributed by atoms with Gasteiger partial charge in [0.2, 0.25) is 0 Å². The summed E-state index contributed by atoms with van der Waals surface area (Å²) in [6.07, 6.45) is 5.94. The van der Waals surface area contributed by atoms with Crippen molar-refractivity contribution in [3.63, 3.8) is 0 Å². The first-order valence-electron chi connectivity index (χ1n) is 7.08. The Hall–Kier alpha value is 0.620. The summed E-state index contributed by atoms with van der Waals surface area (Å²) in [6.45, 7) is 8.60. The fraction of sp³-hybridized carbons (Fsp3) is 1.00. The monoisotopic (exact) mass is 292 g/mol. The highest BCUT2D eigenvalue weighted by atomic mass is 32.1. The molecule has 4 N–H and O–H groups in total. The maximum atomic E-state index is 6.16. The summed E-state index contributed by atoms with van der Waals surface area (Å²) in [5, 5.41) is 0. The predicted octanol–water partition coefficient (Wildman–Crippen LogP) is 3.40. The average Bonchev–Trinajstić information content (AvgIpc) is 2.25. The van der Waals surface area contributed by atoms with E-state index in [1.807, 2.05) is 0 Å². The van der Waals surface area contributed by atoms with E-state index in [0.29, 0.717) is 0 Å². The zero-order valence-corrected chi connectivity index (χ0v) is 14.2. The fourth-order valence-corrected chi connectivity index (χ4v) is 2.52. The molecule has 0 aliphatic heterocycles. The summed E-state index contributed by atoms with van der Waals surface area (Å²) in [4.78, 5) is 0. The summed E-state index contributed by atoms with van der Waals surface area (Å²) in [5.74, 6) is 0. The van der Waals surface area contributed by atoms with E-state index in [-0.39, 0.29) is 21.6 Å². The molecule has 0 bridgehead atoms. The van der Waals surface area contributed by atoms with Gasteiger partial charge in [-0.3, -0.25) is 0 Å². The molecule has 0 radical (unpaired) electrons. The molecular weight excluding hydrogens is 260 g/mol. The lowest BCUT2D eigenvalue weighted by Gasteiger charge is -2.28. The summed E-state index contributed by atoms with van der Waals surface area (Å²) in [6, 6.07) is 0.401. The van der Waals surface area contributed by atoms with Crippen LogP contribution in [0.15, 0.2) is 0 Å². The van der Waals surface area contributed by atoms with Gasteiger partial charge in [0.25, 0.3) is 0 Å². The molecule has 0 aliphatic rings. The minimum Gasteiger partial charge on any atom is -0.328 e. The Labute approximate surface area is 124 Å². The van der Waals surface area contributed by atoms with E-state index < -0.39 is 0 Å². The smallest absolute Gasteiger partial charge is 0.0113 e. The molecule has 0 heterocycles. The number of nitrogens with two attached hydrogens (primary N) is 2. The van der Waals surface area contributed by atoms with E-state index in [2.05, 4.69) is 53.0 Å². The Bertz CT molecular complexity index is 206. The molecule has 0 aromatic heterocycles. The van der Waals surface area contributed by atoms with E-state index >= 15 is 0 Å². The quantitative estimate of drug-likeness (QED) is 0.492. The van der Waals surface area contributed by atoms with Gasteiger partial charge >= 0.3 is 0 Å². The highest BCUT2D eigenvalue weighted by Crippen LogP contribution is 2.27. The van der Waals surface area contributed by atoms with Crippen molar-refractivity contribution in [2.24, 2.45) is 11.5 Å². The van der Waals surface area contributed by atoms with Crippen molar-refractivity contribution in [3.8, 4) is 0 Å². The van der Waals surface area contributed by atoms with Crippen LogP contribution in [-0.4, -0.2) is 21.6 Å². The zero-order valence-electron chi connectivity index (χ0n) is 12.4. The second kappa shape index (κ2) is 8.03. The number of rotatable bonds is 9. The summed E-state index contributed by atoms with van der Waals surface area (Å²) < 4.78 is 0.0932. The van der Waals surface area contributed by atoms with Crippen LogP contribution in [0.2, 0.25) is 0 Å². The first-order valence-corrected chi connectivity index (χ1v) is 7.97. The standard InChI is InChI=1S/C14H32N2S2/c1-5-13(3,17)9-11(15)7-8-12(16)10-14(4,18)6-2/h11-12,17-18H,5-10,15-16H2,1-4H3. The molecule has 0 aromatic carbocycles. The van der Waals surface area contributed by atoms with Gasteiger partial charge in [-0.1, -0.05) is 27.7 Å². The lowest BCUT2D eigenvalue weighted by molar-refractivity contribution is 0.414. The molecule has 0 fully saturated rings. The van der Waals surface area contributed by atoms with Crippen LogP contribution in [0.5, 0.6) is 0 Å². The summed E-state index contributed by atoms with van der Waals surface area (Å²) in [7, 11) is 0. The molecule has 18 heavy (non-hydrogen) atoms. The first kappa shape index (κ1) is 18.6. The van der Waals surface area contributed by atoms with Crippen molar-refractivity contribution < 1.29 is 0 Å². The van der Waals surface area contributed by atoms with Crippen molar-refractivity contribution in [1.82, 2.24) is 0 Å². The Morgan fingerprint density at radius 3 is 1.33 bits per heavy atom. The van der Waals surface area contributed by atoms with Gasteiger partial charge in [-0.15, -0.1) is 0 Å². The summed E-state index contributed by atoms with van der Waals surface area (Å²) >= 11 is 9.26. The highest BCUT2D eigenvalue weighted by molar-refractivity contribution is 7.82. The molecule has 4 atom stereocenters. The maximum absolute atomic E-state index is 6.16. The third-order valence-corrected chi connectivity index (χ3v) is 4.83. The van der Waals surface area contributed by atoms with Gasteiger partial charge in [0.1, 0.15) is 0 Å². The zero-order chi connectivity index (χ0) is 14.4. The Morgan fingerprint density at radius 2 is 1.11 bits per heavy atom. The van der Waals surface area contributed by atoms with Crippen molar-refractivity contribution in [2.45, 2.75) is 87.8 Å². The van der Waals surface area contributed by atoms with Gasteiger partial charge in [0.15, 0.2) is 0 Å². The van der Waals surface area contributed by atoms with Crippen LogP contribution in [-0.2, 0) is 0 Å². The molecule has 110 valence electrons. The van der Waals surface area contributed by atoms with Gasteiger partial charge in [-0.05, 0) is 38.5 Å². The molecule has 4 unspecified atom stereocenters. The van der Waals surface area contributed by atoms with Crippen molar-refractivity contribution in [2.75, 3.05) is 0 Å². The SMILES string of the molecule is CCC(C)(S)CC(N)CCC(N)CC(C)(S)CC. The average molecular weight is 293 g/mol. The lowest BCUT2D eigenvalue weighted by Crippen LogP contribution is -2.34. The molecule has 0 saturated carbocycles. The molecule has 0 rings (SSSR count). The normalized spacial score (nSPS) is 22.0. The largest absolute Gasteiger partial charge is 0.328 e. The maximum Gasteiger partial charge on any atom is 0.0113 e. The van der Waals surface area contributed by atoms with Crippen LogP contribution in [0.25, 0.3) is 0 Å². The molecule has 4 heteroatoms. The molecule has 0 amide bonds. The minimum absolute atomic E-state index is 0.0466. The second-order valence-electron chi connectivity index (χ2n) is 6.21. The summed E-state index contributed by atoms with van der Waals surface area (Å²) in [5.41, 5.74) is 12.3. The number of thiol groups is 2. The Kier molecular flexibility index (Phi) is 8.31. The topological polar surface area (TPSA) is 52.0 Å². The molecular formula is C14H32N2S2. The van der Waals surface area contributed by atoms with Gasteiger partial charge < -0.3 is 11.5 Å². The Balaban J connectivity index is 3.95. The van der Waals surface area contributed by atoms with E-state index in [1.54, 1.807) is 0 Å². The molecule has 0 spiro atoms. The van der Waals surface area contributed by atoms with Crippen molar-refractivity contribution in [3.05, 3.63) is 0 Å². The Morgan fingerprint density at radius 1 is 0.833 bits per heavy atom. The van der Waals surface area contributed by atoms with Gasteiger partial charge in [-0.2, -0.15) is 25.3 Å². The fourth-order valence-electron chi connectivity index (χ4n) is 2.05. The van der Waals surface area contributed by atoms with Crippen LogP contribution in [0.1, 0.15) is 66.2 Å². The van der Waals surface area contributed by atoms with E-state index in [1.165, 1.54) is 0 Å². The van der Waals surface area contributed by atoms with Gasteiger partial charge in [0, 0.05) is 21.6 Å². The van der Waals surface area contributed by atoms with Crippen molar-refractivity contribution >= 4 is 25.3 Å². The van der Waals surface area contributed by atoms with Gasteiger partial charge in [-0.25, -0.2) is 0 Å². The molecule has 0 saturated heterocycles. The van der Waals surface area contributed by atoms with E-state index in [0.717, 1.165) is 38.5 Å². The van der Waals surface area contributed by atoms with Crippen LogP contribution in [0.3, 0.4) is 0 Å². The highest BCUT2D eigenvalue weighted by Gasteiger charge is 2.23. The second-order valence-corrected chi connectivity index (χ2v) is 8.37. The minimum atomic E-state index is 0.0466. The van der Waals surface area contributed by atoms with Gasteiger partial charge in [0.05, 0.1) is 0 Å². The molecule has 0 aromatic rings. The van der Waals surface area contributed by atoms with E-state index in [9.17, 15) is 0 Å². The van der Waals surface area contributed by atoms with Crippen LogP contribution >= 0.6 is 25.3 Å². The predicted molar refractivity (Wildman–Crippen MR) is 89.8 cm³/mol. The number of hydrogen-bond donors (Lipinski definition) is 4. The third kappa shape index (κ3) is 8.68. The molecule has 2 nitrogen and oxygen atoms in total. The molecule has 0 aliphatic carbocycles. The lowest BCUT2D eigenvalue weighted by atomic mass is 9.91. The van der Waals surface area contributed by atoms with Crippen LogP contribution < -0.4 is 11.5 Å². The van der Waals surface area contributed by atoms with Crippen LogP contribution in [0.4, 0.5) is 0 Å². The van der Waals surface area contributed by atoms with E-state index in [4.69, 9.17) is 11.5 Å². The first-order chi connectivity index (χ1) is 8.12.